The SMILES string of the molecule is CCNC(=NCc1cc2c(cc1OC(F)F)OCO2)NCc1ncccc1F.I. The van der Waals surface area contributed by atoms with Crippen LogP contribution in [0.3, 0.4) is 0 Å². The minimum atomic E-state index is -2.98. The third-order valence-electron chi connectivity index (χ3n) is 3.78. The Kier molecular flexibility index (Phi) is 8.61. The van der Waals surface area contributed by atoms with Gasteiger partial charge in [0.2, 0.25) is 6.79 Å². The molecule has 2 aromatic rings. The summed E-state index contributed by atoms with van der Waals surface area (Å²) in [6.07, 6.45) is 1.49. The largest absolute Gasteiger partial charge is 0.454 e. The molecule has 0 unspecified atom stereocenters. The zero-order valence-corrected chi connectivity index (χ0v) is 17.8. The monoisotopic (exact) mass is 524 g/mol. The first-order chi connectivity index (χ1) is 13.6. The number of nitrogens with zero attached hydrogens (tertiary/aromatic N) is 2. The van der Waals surface area contributed by atoms with E-state index in [2.05, 4.69) is 25.3 Å². The van der Waals surface area contributed by atoms with Gasteiger partial charge in [0.15, 0.2) is 17.5 Å². The fourth-order valence-electron chi connectivity index (χ4n) is 2.52. The van der Waals surface area contributed by atoms with E-state index in [1.165, 1.54) is 24.4 Å². The first-order valence-corrected chi connectivity index (χ1v) is 8.55. The van der Waals surface area contributed by atoms with Gasteiger partial charge >= 0.3 is 6.61 Å². The molecule has 0 saturated carbocycles. The highest BCUT2D eigenvalue weighted by molar-refractivity contribution is 14.0. The van der Waals surface area contributed by atoms with E-state index in [9.17, 15) is 13.2 Å². The van der Waals surface area contributed by atoms with Crippen molar-refractivity contribution in [2.45, 2.75) is 26.6 Å². The van der Waals surface area contributed by atoms with E-state index < -0.39 is 12.4 Å². The van der Waals surface area contributed by atoms with E-state index in [-0.39, 0.29) is 55.3 Å². The van der Waals surface area contributed by atoms with Gasteiger partial charge in [-0.2, -0.15) is 8.78 Å². The average Bonchev–Trinajstić information content (AvgIpc) is 3.11. The van der Waals surface area contributed by atoms with Crippen LogP contribution >= 0.6 is 24.0 Å². The smallest absolute Gasteiger partial charge is 0.387 e. The molecule has 1 aromatic heterocycles. The van der Waals surface area contributed by atoms with Crippen LogP contribution in [0.15, 0.2) is 35.5 Å². The Morgan fingerprint density at radius 3 is 2.72 bits per heavy atom. The molecule has 2 N–H and O–H groups in total. The first kappa shape index (κ1) is 22.8. The molecule has 0 radical (unpaired) electrons. The zero-order valence-electron chi connectivity index (χ0n) is 15.5. The van der Waals surface area contributed by atoms with Crippen LogP contribution in [0, 0.1) is 5.82 Å². The maximum atomic E-state index is 13.7. The van der Waals surface area contributed by atoms with Gasteiger partial charge in [0.1, 0.15) is 11.6 Å². The third-order valence-corrected chi connectivity index (χ3v) is 3.78. The summed E-state index contributed by atoms with van der Waals surface area (Å²) in [6, 6.07) is 5.71. The van der Waals surface area contributed by atoms with Gasteiger partial charge in [0.25, 0.3) is 0 Å². The Balaban J connectivity index is 0.00000300. The second-order valence-electron chi connectivity index (χ2n) is 5.67. The van der Waals surface area contributed by atoms with Crippen molar-refractivity contribution in [3.05, 3.63) is 47.5 Å². The van der Waals surface area contributed by atoms with Crippen LogP contribution in [0.4, 0.5) is 13.2 Å². The van der Waals surface area contributed by atoms with Crippen LogP contribution < -0.4 is 24.8 Å². The molecule has 1 aliphatic rings. The maximum Gasteiger partial charge on any atom is 0.387 e. The Morgan fingerprint density at radius 2 is 2.03 bits per heavy atom. The van der Waals surface area contributed by atoms with Gasteiger partial charge in [-0.05, 0) is 25.1 Å². The van der Waals surface area contributed by atoms with E-state index in [1.54, 1.807) is 6.07 Å². The molecule has 1 aromatic carbocycles. The summed E-state index contributed by atoms with van der Waals surface area (Å²) in [5.41, 5.74) is 0.628. The maximum absolute atomic E-state index is 13.7. The second kappa shape index (κ2) is 10.9. The molecule has 0 saturated heterocycles. The minimum absolute atomic E-state index is 0. The molecule has 2 heterocycles. The van der Waals surface area contributed by atoms with Crippen molar-refractivity contribution >= 4 is 29.9 Å². The number of hydrogen-bond acceptors (Lipinski definition) is 5. The lowest BCUT2D eigenvalue weighted by Crippen LogP contribution is -2.37. The van der Waals surface area contributed by atoms with Crippen molar-refractivity contribution in [2.24, 2.45) is 4.99 Å². The molecule has 0 spiro atoms. The summed E-state index contributed by atoms with van der Waals surface area (Å²) < 4.78 is 54.2. The van der Waals surface area contributed by atoms with E-state index in [0.29, 0.717) is 29.6 Å². The predicted octanol–water partition coefficient (Wildman–Crippen LogP) is 3.42. The van der Waals surface area contributed by atoms with E-state index >= 15 is 0 Å². The zero-order chi connectivity index (χ0) is 19.9. The van der Waals surface area contributed by atoms with Crippen LogP contribution in [0.2, 0.25) is 0 Å². The predicted molar refractivity (Wildman–Crippen MR) is 110 cm³/mol. The standard InChI is InChI=1S/C18H19F3N4O3.HI/c1-2-22-18(25-9-13-12(19)4-3-5-23-13)24-8-11-6-15-16(27-10-26-15)7-14(11)28-17(20)21;/h3-7,17H,2,8-10H2,1H3,(H2,22,24,25);1H. The Morgan fingerprint density at radius 1 is 1.28 bits per heavy atom. The van der Waals surface area contributed by atoms with E-state index in [1.807, 2.05) is 6.92 Å². The summed E-state index contributed by atoms with van der Waals surface area (Å²) in [6.45, 7) is -0.418. The van der Waals surface area contributed by atoms with E-state index in [0.717, 1.165) is 0 Å². The van der Waals surface area contributed by atoms with Crippen molar-refractivity contribution in [3.8, 4) is 17.2 Å². The van der Waals surface area contributed by atoms with Crippen LogP contribution in [-0.2, 0) is 13.1 Å². The van der Waals surface area contributed by atoms with Gasteiger partial charge in [-0.25, -0.2) is 9.38 Å². The number of rotatable bonds is 7. The molecule has 158 valence electrons. The minimum Gasteiger partial charge on any atom is -0.454 e. The molecule has 0 fully saturated rings. The van der Waals surface area contributed by atoms with Crippen LogP contribution in [-0.4, -0.2) is 30.9 Å². The topological polar surface area (TPSA) is 77.0 Å². The molecular formula is C18H20F3IN4O3. The summed E-state index contributed by atoms with van der Waals surface area (Å²) >= 11 is 0. The summed E-state index contributed by atoms with van der Waals surface area (Å²) in [4.78, 5) is 8.31. The number of pyridine rings is 1. The molecule has 1 aliphatic heterocycles. The highest BCUT2D eigenvalue weighted by Gasteiger charge is 2.20. The molecule has 29 heavy (non-hydrogen) atoms. The number of aliphatic imine (C=N–C) groups is 1. The molecular weight excluding hydrogens is 504 g/mol. The Hall–Kier alpha value is -2.44. The molecule has 0 atom stereocenters. The molecule has 0 amide bonds. The van der Waals surface area contributed by atoms with Gasteiger partial charge in [0, 0.05) is 24.4 Å². The van der Waals surface area contributed by atoms with Crippen LogP contribution in [0.25, 0.3) is 0 Å². The van der Waals surface area contributed by atoms with Gasteiger partial charge in [-0.3, -0.25) is 4.98 Å². The Labute approximate surface area is 182 Å². The van der Waals surface area contributed by atoms with Crippen molar-refractivity contribution < 1.29 is 27.4 Å². The normalized spacial score (nSPS) is 12.5. The number of ether oxygens (including phenoxy) is 3. The molecule has 3 rings (SSSR count). The number of alkyl halides is 2. The van der Waals surface area contributed by atoms with Crippen molar-refractivity contribution in [3.63, 3.8) is 0 Å². The fraction of sp³-hybridized carbons (Fsp3) is 0.333. The quantitative estimate of drug-likeness (QED) is 0.329. The molecule has 0 aliphatic carbocycles. The van der Waals surface area contributed by atoms with Gasteiger partial charge in [-0.1, -0.05) is 0 Å². The van der Waals surface area contributed by atoms with Crippen LogP contribution in [0.5, 0.6) is 17.2 Å². The highest BCUT2D eigenvalue weighted by atomic mass is 127. The van der Waals surface area contributed by atoms with E-state index in [4.69, 9.17) is 9.47 Å². The number of halogens is 4. The number of guanidine groups is 1. The first-order valence-electron chi connectivity index (χ1n) is 8.55. The summed E-state index contributed by atoms with van der Waals surface area (Å²) in [5.74, 6) is 0.649. The lowest BCUT2D eigenvalue weighted by Gasteiger charge is -2.13. The van der Waals surface area contributed by atoms with Crippen molar-refractivity contribution in [1.82, 2.24) is 15.6 Å². The van der Waals surface area contributed by atoms with Gasteiger partial charge in [0.05, 0.1) is 18.8 Å². The van der Waals surface area contributed by atoms with Crippen molar-refractivity contribution in [2.75, 3.05) is 13.3 Å². The van der Waals surface area contributed by atoms with Gasteiger partial charge < -0.3 is 24.8 Å². The van der Waals surface area contributed by atoms with Crippen molar-refractivity contribution in [1.29, 1.82) is 0 Å². The number of hydrogen-bond donors (Lipinski definition) is 2. The summed E-state index contributed by atoms with van der Waals surface area (Å²) in [7, 11) is 0. The second-order valence-corrected chi connectivity index (χ2v) is 5.67. The average molecular weight is 524 g/mol. The van der Waals surface area contributed by atoms with Gasteiger partial charge in [-0.15, -0.1) is 24.0 Å². The highest BCUT2D eigenvalue weighted by Crippen LogP contribution is 2.39. The number of benzene rings is 1. The number of nitrogens with one attached hydrogen (secondary N) is 2. The Bertz CT molecular complexity index is 855. The molecule has 0 bridgehead atoms. The third kappa shape index (κ3) is 6.27. The number of aromatic nitrogens is 1. The lowest BCUT2D eigenvalue weighted by molar-refractivity contribution is -0.0505. The van der Waals surface area contributed by atoms with Crippen LogP contribution in [0.1, 0.15) is 18.2 Å². The summed E-state index contributed by atoms with van der Waals surface area (Å²) in [5, 5.41) is 5.95. The number of fused-ring (bicyclic) bond motifs is 1. The molecule has 7 nitrogen and oxygen atoms in total. The fourth-order valence-corrected chi connectivity index (χ4v) is 2.52. The molecule has 11 heteroatoms. The lowest BCUT2D eigenvalue weighted by atomic mass is 10.1.